The van der Waals surface area contributed by atoms with Crippen LogP contribution in [0.5, 0.6) is 0 Å². The van der Waals surface area contributed by atoms with Gasteiger partial charge in [-0.25, -0.2) is 0 Å². The first-order valence-electron chi connectivity index (χ1n) is 5.56. The van der Waals surface area contributed by atoms with Gasteiger partial charge in [0.1, 0.15) is 0 Å². The van der Waals surface area contributed by atoms with Gasteiger partial charge in [-0.1, -0.05) is 13.8 Å². The molecule has 0 aromatic heterocycles. The van der Waals surface area contributed by atoms with Crippen LogP contribution in [0.15, 0.2) is 0 Å². The Morgan fingerprint density at radius 2 is 2.00 bits per heavy atom. The van der Waals surface area contributed by atoms with Crippen molar-refractivity contribution < 1.29 is 9.47 Å². The quantitative estimate of drug-likeness (QED) is 0.618. The van der Waals surface area contributed by atoms with Crippen LogP contribution in [0.4, 0.5) is 0 Å². The number of hydrogen-bond acceptors (Lipinski definition) is 3. The van der Waals surface area contributed by atoms with Crippen LogP contribution in [0.1, 0.15) is 27.2 Å². The van der Waals surface area contributed by atoms with Crippen molar-refractivity contribution in [3.63, 3.8) is 0 Å². The number of ether oxygens (including phenoxy) is 2. The number of hydrogen-bond donors (Lipinski definition) is 1. The second kappa shape index (κ2) is 9.44. The fourth-order valence-electron chi connectivity index (χ4n) is 1.44. The molecule has 0 aromatic rings. The van der Waals surface area contributed by atoms with Crippen LogP contribution in [0.2, 0.25) is 0 Å². The number of methoxy groups -OCH3 is 1. The minimum atomic E-state index is 0.454. The first-order valence-corrected chi connectivity index (χ1v) is 5.56. The molecule has 0 radical (unpaired) electrons. The largest absolute Gasteiger partial charge is 0.385 e. The summed E-state index contributed by atoms with van der Waals surface area (Å²) < 4.78 is 10.5. The van der Waals surface area contributed by atoms with Crippen molar-refractivity contribution in [2.75, 3.05) is 33.5 Å². The van der Waals surface area contributed by atoms with Gasteiger partial charge in [0.25, 0.3) is 0 Å². The lowest BCUT2D eigenvalue weighted by Crippen LogP contribution is -2.39. The van der Waals surface area contributed by atoms with E-state index in [0.717, 1.165) is 32.8 Å². The molecule has 0 bridgehead atoms. The SMILES string of the molecule is CCNC(COCC)C(C)CCOC. The Balaban J connectivity index is 3.77. The van der Waals surface area contributed by atoms with E-state index in [1.165, 1.54) is 0 Å². The summed E-state index contributed by atoms with van der Waals surface area (Å²) in [7, 11) is 1.75. The smallest absolute Gasteiger partial charge is 0.0622 e. The fraction of sp³-hybridized carbons (Fsp3) is 1.00. The van der Waals surface area contributed by atoms with Gasteiger partial charge in [-0.3, -0.25) is 0 Å². The van der Waals surface area contributed by atoms with Gasteiger partial charge in [0.05, 0.1) is 6.61 Å². The highest BCUT2D eigenvalue weighted by atomic mass is 16.5. The first-order chi connectivity index (χ1) is 6.76. The molecule has 2 unspecified atom stereocenters. The lowest BCUT2D eigenvalue weighted by atomic mass is 9.99. The monoisotopic (exact) mass is 203 g/mol. The molecule has 0 aliphatic rings. The van der Waals surface area contributed by atoms with E-state index in [1.807, 2.05) is 6.92 Å². The van der Waals surface area contributed by atoms with Gasteiger partial charge < -0.3 is 14.8 Å². The maximum absolute atomic E-state index is 5.45. The van der Waals surface area contributed by atoms with Crippen LogP contribution in [-0.2, 0) is 9.47 Å². The lowest BCUT2D eigenvalue weighted by Gasteiger charge is -2.24. The number of rotatable bonds is 9. The van der Waals surface area contributed by atoms with Gasteiger partial charge in [-0.05, 0) is 25.8 Å². The molecule has 0 aliphatic heterocycles. The zero-order chi connectivity index (χ0) is 10.8. The molecule has 0 spiro atoms. The molecule has 86 valence electrons. The van der Waals surface area contributed by atoms with Crippen LogP contribution >= 0.6 is 0 Å². The summed E-state index contributed by atoms with van der Waals surface area (Å²) in [5, 5.41) is 3.45. The van der Waals surface area contributed by atoms with Crippen molar-refractivity contribution in [2.24, 2.45) is 5.92 Å². The molecule has 0 amide bonds. The van der Waals surface area contributed by atoms with E-state index in [0.29, 0.717) is 12.0 Å². The molecule has 0 aliphatic carbocycles. The van der Waals surface area contributed by atoms with E-state index in [1.54, 1.807) is 7.11 Å². The lowest BCUT2D eigenvalue weighted by molar-refractivity contribution is 0.0949. The van der Waals surface area contributed by atoms with E-state index >= 15 is 0 Å². The summed E-state index contributed by atoms with van der Waals surface area (Å²) >= 11 is 0. The predicted octanol–water partition coefficient (Wildman–Crippen LogP) is 1.67. The topological polar surface area (TPSA) is 30.5 Å². The van der Waals surface area contributed by atoms with Crippen molar-refractivity contribution in [3.8, 4) is 0 Å². The Hall–Kier alpha value is -0.120. The van der Waals surface area contributed by atoms with Crippen LogP contribution < -0.4 is 5.32 Å². The minimum Gasteiger partial charge on any atom is -0.385 e. The summed E-state index contributed by atoms with van der Waals surface area (Å²) in [6.07, 6.45) is 1.08. The van der Waals surface area contributed by atoms with E-state index < -0.39 is 0 Å². The van der Waals surface area contributed by atoms with Gasteiger partial charge >= 0.3 is 0 Å². The van der Waals surface area contributed by atoms with Crippen LogP contribution in [0, 0.1) is 5.92 Å². The second-order valence-corrected chi connectivity index (χ2v) is 3.58. The van der Waals surface area contributed by atoms with Crippen molar-refractivity contribution in [1.82, 2.24) is 5.32 Å². The molecule has 1 N–H and O–H groups in total. The van der Waals surface area contributed by atoms with Gasteiger partial charge in [-0.2, -0.15) is 0 Å². The van der Waals surface area contributed by atoms with Crippen molar-refractivity contribution in [3.05, 3.63) is 0 Å². The molecular formula is C11H25NO2. The van der Waals surface area contributed by atoms with E-state index in [-0.39, 0.29) is 0 Å². The zero-order valence-corrected chi connectivity index (χ0v) is 10.0. The predicted molar refractivity (Wildman–Crippen MR) is 59.6 cm³/mol. The third-order valence-electron chi connectivity index (χ3n) is 2.43. The molecule has 0 saturated carbocycles. The summed E-state index contributed by atoms with van der Waals surface area (Å²) in [6, 6.07) is 0.454. The molecule has 0 aromatic carbocycles. The first kappa shape index (κ1) is 13.9. The van der Waals surface area contributed by atoms with Crippen LogP contribution in [-0.4, -0.2) is 39.5 Å². The van der Waals surface area contributed by atoms with Crippen molar-refractivity contribution >= 4 is 0 Å². The third kappa shape index (κ3) is 6.35. The number of likely N-dealkylation sites (N-methyl/N-ethyl adjacent to an activating group) is 1. The molecule has 0 rings (SSSR count). The second-order valence-electron chi connectivity index (χ2n) is 3.58. The molecule has 3 nitrogen and oxygen atoms in total. The average molecular weight is 203 g/mol. The number of nitrogens with one attached hydrogen (secondary N) is 1. The maximum atomic E-state index is 5.45. The molecule has 3 heteroatoms. The van der Waals surface area contributed by atoms with Crippen molar-refractivity contribution in [1.29, 1.82) is 0 Å². The molecule has 0 heterocycles. The molecule has 14 heavy (non-hydrogen) atoms. The third-order valence-corrected chi connectivity index (χ3v) is 2.43. The maximum Gasteiger partial charge on any atom is 0.0622 e. The normalized spacial score (nSPS) is 15.4. The van der Waals surface area contributed by atoms with Crippen LogP contribution in [0.3, 0.4) is 0 Å². The molecule has 2 atom stereocenters. The molecule has 0 saturated heterocycles. The summed E-state index contributed by atoms with van der Waals surface area (Å²) in [5.41, 5.74) is 0. The van der Waals surface area contributed by atoms with Crippen LogP contribution in [0.25, 0.3) is 0 Å². The van der Waals surface area contributed by atoms with E-state index in [4.69, 9.17) is 9.47 Å². The summed E-state index contributed by atoms with van der Waals surface area (Å²) in [5.74, 6) is 0.599. The zero-order valence-electron chi connectivity index (χ0n) is 10.0. The average Bonchev–Trinajstić information content (AvgIpc) is 2.20. The Bertz CT molecular complexity index is 120. The minimum absolute atomic E-state index is 0.454. The van der Waals surface area contributed by atoms with E-state index in [2.05, 4.69) is 19.2 Å². The Morgan fingerprint density at radius 1 is 1.29 bits per heavy atom. The standard InChI is InChI=1S/C11H25NO2/c1-5-12-11(9-14-6-2)10(3)7-8-13-4/h10-12H,5-9H2,1-4H3. The molecule has 0 fully saturated rings. The van der Waals surface area contributed by atoms with Gasteiger partial charge in [0, 0.05) is 26.4 Å². The molecular weight excluding hydrogens is 178 g/mol. The van der Waals surface area contributed by atoms with Gasteiger partial charge in [0.2, 0.25) is 0 Å². The Labute approximate surface area is 88.2 Å². The van der Waals surface area contributed by atoms with Gasteiger partial charge in [0.15, 0.2) is 0 Å². The Kier molecular flexibility index (Phi) is 9.35. The van der Waals surface area contributed by atoms with E-state index in [9.17, 15) is 0 Å². The van der Waals surface area contributed by atoms with Crippen molar-refractivity contribution in [2.45, 2.75) is 33.2 Å². The Morgan fingerprint density at radius 3 is 2.50 bits per heavy atom. The fourth-order valence-corrected chi connectivity index (χ4v) is 1.44. The summed E-state index contributed by atoms with van der Waals surface area (Å²) in [6.45, 7) is 9.81. The highest BCUT2D eigenvalue weighted by Crippen LogP contribution is 2.08. The van der Waals surface area contributed by atoms with Gasteiger partial charge in [-0.15, -0.1) is 0 Å². The highest BCUT2D eigenvalue weighted by Gasteiger charge is 2.15. The highest BCUT2D eigenvalue weighted by molar-refractivity contribution is 4.72. The summed E-state index contributed by atoms with van der Waals surface area (Å²) in [4.78, 5) is 0.